The van der Waals surface area contributed by atoms with E-state index in [0.717, 1.165) is 5.57 Å². The van der Waals surface area contributed by atoms with Gasteiger partial charge >= 0.3 is 11.9 Å². The van der Waals surface area contributed by atoms with Crippen molar-refractivity contribution in [3.63, 3.8) is 0 Å². The van der Waals surface area contributed by atoms with Crippen molar-refractivity contribution in [3.8, 4) is 0 Å². The minimum Gasteiger partial charge on any atom is -0.459 e. The van der Waals surface area contributed by atoms with E-state index in [4.69, 9.17) is 14.2 Å². The predicted molar refractivity (Wildman–Crippen MR) is 116 cm³/mol. The Hall–Kier alpha value is -1.81. The lowest BCUT2D eigenvalue weighted by molar-refractivity contribution is -0.340. The van der Waals surface area contributed by atoms with Crippen molar-refractivity contribution >= 4 is 17.7 Å². The standard InChI is InChI=1S/C25H34O9/c1-6-10(2)20(29)34-17-16-12(4)18(27)25(31)22-23(5)13(11(3)7-14(26)19(23)28)8-15(33-21(17)30)24(16,22)9-32-25/h7,10,12-13,15-19,22,27-28,31H,6,8-9H2,1-5H3/t10?,12-,13+,15-,16-,17-,18-,19-,22-,23-,24+,25-/m1/s1. The number of fused-ring (bicyclic) bond motifs is 1. The van der Waals surface area contributed by atoms with Crippen LogP contribution in [0.3, 0.4) is 0 Å². The zero-order chi connectivity index (χ0) is 25.0. The molecule has 2 aliphatic heterocycles. The van der Waals surface area contributed by atoms with E-state index in [1.54, 1.807) is 27.7 Å². The molecule has 34 heavy (non-hydrogen) atoms. The molecular weight excluding hydrogens is 444 g/mol. The monoisotopic (exact) mass is 478 g/mol. The quantitative estimate of drug-likeness (QED) is 0.501. The molecule has 0 aromatic rings. The van der Waals surface area contributed by atoms with E-state index in [2.05, 4.69) is 0 Å². The van der Waals surface area contributed by atoms with Gasteiger partial charge < -0.3 is 29.5 Å². The minimum atomic E-state index is -2.06. The number of hydrogen-bond donors (Lipinski definition) is 3. The third-order valence-corrected chi connectivity index (χ3v) is 9.89. The number of ether oxygens (including phenoxy) is 3. The van der Waals surface area contributed by atoms with Crippen LogP contribution in [0.4, 0.5) is 0 Å². The van der Waals surface area contributed by atoms with E-state index in [1.165, 1.54) is 6.08 Å². The number of allylic oxidation sites excluding steroid dienone is 1. The van der Waals surface area contributed by atoms with Crippen LogP contribution >= 0.6 is 0 Å². The summed E-state index contributed by atoms with van der Waals surface area (Å²) in [6, 6.07) is 0. The van der Waals surface area contributed by atoms with E-state index in [1.807, 2.05) is 6.92 Å². The molecule has 2 saturated heterocycles. The van der Waals surface area contributed by atoms with Crippen molar-refractivity contribution in [1.29, 1.82) is 0 Å². The second-order valence-corrected chi connectivity index (χ2v) is 11.4. The molecule has 9 heteroatoms. The van der Waals surface area contributed by atoms with Gasteiger partial charge in [0.15, 0.2) is 11.6 Å². The molecule has 3 N–H and O–H groups in total. The van der Waals surface area contributed by atoms with Crippen molar-refractivity contribution in [1.82, 2.24) is 0 Å². The molecule has 5 rings (SSSR count). The van der Waals surface area contributed by atoms with Gasteiger partial charge in [0.25, 0.3) is 0 Å². The minimum absolute atomic E-state index is 0.0540. The van der Waals surface area contributed by atoms with Crippen molar-refractivity contribution in [2.75, 3.05) is 6.61 Å². The van der Waals surface area contributed by atoms with Crippen molar-refractivity contribution < 1.29 is 43.9 Å². The van der Waals surface area contributed by atoms with Gasteiger partial charge in [-0.2, -0.15) is 0 Å². The van der Waals surface area contributed by atoms with Gasteiger partial charge in [-0.05, 0) is 37.7 Å². The van der Waals surface area contributed by atoms with Gasteiger partial charge in [-0.25, -0.2) is 4.79 Å². The average Bonchev–Trinajstić information content (AvgIpc) is 3.08. The maximum absolute atomic E-state index is 13.2. The smallest absolute Gasteiger partial charge is 0.348 e. The summed E-state index contributed by atoms with van der Waals surface area (Å²) in [5.74, 6) is -6.89. The van der Waals surface area contributed by atoms with Gasteiger partial charge in [0.1, 0.15) is 18.3 Å². The fourth-order valence-corrected chi connectivity index (χ4v) is 8.14. The lowest BCUT2D eigenvalue weighted by atomic mass is 9.38. The highest BCUT2D eigenvalue weighted by atomic mass is 16.7. The normalized spacial score (nSPS) is 52.2. The number of aliphatic hydroxyl groups excluding tert-OH is 2. The number of rotatable bonds is 3. The second-order valence-electron chi connectivity index (χ2n) is 11.4. The van der Waals surface area contributed by atoms with Crippen LogP contribution in [0.15, 0.2) is 11.6 Å². The van der Waals surface area contributed by atoms with E-state index >= 15 is 0 Å². The molecule has 0 aromatic carbocycles. The molecule has 188 valence electrons. The summed E-state index contributed by atoms with van der Waals surface area (Å²) in [6.07, 6.45) is -2.58. The van der Waals surface area contributed by atoms with E-state index in [0.29, 0.717) is 12.8 Å². The Morgan fingerprint density at radius 1 is 1.32 bits per heavy atom. The van der Waals surface area contributed by atoms with Crippen LogP contribution in [0.5, 0.6) is 0 Å². The number of carbonyl (C=O) groups is 3. The topological polar surface area (TPSA) is 140 Å². The Kier molecular flexibility index (Phi) is 5.17. The summed E-state index contributed by atoms with van der Waals surface area (Å²) < 4.78 is 17.6. The molecule has 0 radical (unpaired) electrons. The lowest BCUT2D eigenvalue weighted by Gasteiger charge is -2.68. The maximum atomic E-state index is 13.2. The summed E-state index contributed by atoms with van der Waals surface area (Å²) in [7, 11) is 0. The maximum Gasteiger partial charge on any atom is 0.348 e. The third kappa shape index (κ3) is 2.61. The highest BCUT2D eigenvalue weighted by Gasteiger charge is 2.83. The van der Waals surface area contributed by atoms with Crippen LogP contribution in [0.2, 0.25) is 0 Å². The number of esters is 2. The lowest BCUT2D eigenvalue weighted by Crippen LogP contribution is -2.78. The summed E-state index contributed by atoms with van der Waals surface area (Å²) in [5.41, 5.74) is -1.51. The Labute approximate surface area is 198 Å². The fourth-order valence-electron chi connectivity index (χ4n) is 8.14. The van der Waals surface area contributed by atoms with Gasteiger partial charge in [0, 0.05) is 22.7 Å². The fraction of sp³-hybridized carbons (Fsp3) is 0.800. The summed E-state index contributed by atoms with van der Waals surface area (Å²) in [5, 5.41) is 34.3. The SMILES string of the molecule is CCC(C)C(=O)O[C@H]1C(=O)O[C@@H]2C[C@H]3C(C)=CC(=O)[C@@H](O)[C@]3(C)[C@H]3[C@]4(O)OC[C@]32[C@@H]1[C@@H](C)[C@H]4O. The average molecular weight is 479 g/mol. The first-order valence-electron chi connectivity index (χ1n) is 12.2. The molecule has 0 aromatic heterocycles. The molecule has 2 heterocycles. The summed E-state index contributed by atoms with van der Waals surface area (Å²) in [6.45, 7) is 8.74. The van der Waals surface area contributed by atoms with Gasteiger partial charge in [-0.15, -0.1) is 0 Å². The molecule has 4 fully saturated rings. The van der Waals surface area contributed by atoms with Crippen LogP contribution in [0.25, 0.3) is 0 Å². The Bertz CT molecular complexity index is 975. The van der Waals surface area contributed by atoms with Gasteiger partial charge in [0.05, 0.1) is 12.5 Å². The number of aliphatic hydroxyl groups is 3. The van der Waals surface area contributed by atoms with Crippen molar-refractivity contribution in [2.45, 2.75) is 77.7 Å². The van der Waals surface area contributed by atoms with E-state index in [9.17, 15) is 29.7 Å². The zero-order valence-corrected chi connectivity index (χ0v) is 20.2. The second kappa shape index (κ2) is 7.35. The first-order chi connectivity index (χ1) is 15.8. The van der Waals surface area contributed by atoms with Crippen LogP contribution in [-0.4, -0.2) is 69.9 Å². The summed E-state index contributed by atoms with van der Waals surface area (Å²) in [4.78, 5) is 38.7. The zero-order valence-electron chi connectivity index (χ0n) is 20.2. The highest BCUT2D eigenvalue weighted by molar-refractivity contribution is 5.96. The number of ketones is 1. The Morgan fingerprint density at radius 3 is 2.65 bits per heavy atom. The molecule has 9 nitrogen and oxygen atoms in total. The van der Waals surface area contributed by atoms with Gasteiger partial charge in [-0.3, -0.25) is 9.59 Å². The van der Waals surface area contributed by atoms with E-state index in [-0.39, 0.29) is 12.5 Å². The molecule has 12 atom stereocenters. The van der Waals surface area contributed by atoms with E-state index < -0.39 is 82.4 Å². The number of hydrogen-bond acceptors (Lipinski definition) is 9. The van der Waals surface area contributed by atoms with Crippen LogP contribution in [0.1, 0.15) is 47.5 Å². The summed E-state index contributed by atoms with van der Waals surface area (Å²) >= 11 is 0. The first-order valence-corrected chi connectivity index (χ1v) is 12.2. The molecule has 3 aliphatic carbocycles. The Morgan fingerprint density at radius 2 is 2.00 bits per heavy atom. The van der Waals surface area contributed by atoms with Crippen molar-refractivity contribution in [2.24, 2.45) is 40.4 Å². The third-order valence-electron chi connectivity index (χ3n) is 9.89. The molecular formula is C25H34O9. The van der Waals surface area contributed by atoms with Crippen LogP contribution in [-0.2, 0) is 28.6 Å². The molecule has 0 amide bonds. The van der Waals surface area contributed by atoms with Crippen molar-refractivity contribution in [3.05, 3.63) is 11.6 Å². The molecule has 1 spiro atoms. The molecule has 1 unspecified atom stereocenters. The molecule has 5 aliphatic rings. The number of carbonyl (C=O) groups excluding carboxylic acids is 3. The Balaban J connectivity index is 1.69. The molecule has 2 saturated carbocycles. The molecule has 2 bridgehead atoms. The first kappa shape index (κ1) is 23.9. The van der Waals surface area contributed by atoms with Gasteiger partial charge in [0.2, 0.25) is 6.10 Å². The van der Waals surface area contributed by atoms with Crippen LogP contribution < -0.4 is 0 Å². The van der Waals surface area contributed by atoms with Crippen LogP contribution in [0, 0.1) is 40.4 Å². The predicted octanol–water partition coefficient (Wildman–Crippen LogP) is 0.734. The van der Waals surface area contributed by atoms with Gasteiger partial charge in [-0.1, -0.05) is 33.3 Å². The highest BCUT2D eigenvalue weighted by Crippen LogP contribution is 2.73. The largest absolute Gasteiger partial charge is 0.459 e.